The molecule has 0 spiro atoms. The molecule has 6 heteroatoms. The fourth-order valence-electron chi connectivity index (χ4n) is 4.40. The SMILES string of the molecule is COc1ccc(C(O)(C(=O)O[C@]23C=CC[C@H](CC2)N3C)c2ccc(OC)cc2)cc1. The van der Waals surface area contributed by atoms with Crippen molar-refractivity contribution in [2.45, 2.75) is 36.6 Å². The van der Waals surface area contributed by atoms with Gasteiger partial charge in [-0.25, -0.2) is 4.79 Å². The predicted octanol–water partition coefficient (Wildman–Crippen LogP) is 3.23. The first-order chi connectivity index (χ1) is 14.4. The van der Waals surface area contributed by atoms with Crippen molar-refractivity contribution in [2.75, 3.05) is 21.3 Å². The van der Waals surface area contributed by atoms with E-state index in [0.29, 0.717) is 35.1 Å². The summed E-state index contributed by atoms with van der Waals surface area (Å²) in [5.41, 5.74) is -1.98. The van der Waals surface area contributed by atoms with E-state index in [1.807, 2.05) is 13.1 Å². The van der Waals surface area contributed by atoms with Crippen molar-refractivity contribution in [1.29, 1.82) is 0 Å². The molecule has 2 aliphatic heterocycles. The number of hydrogen-bond donors (Lipinski definition) is 1. The van der Waals surface area contributed by atoms with E-state index in [4.69, 9.17) is 14.2 Å². The van der Waals surface area contributed by atoms with Gasteiger partial charge in [-0.05, 0) is 61.4 Å². The van der Waals surface area contributed by atoms with E-state index >= 15 is 0 Å². The molecule has 4 rings (SSSR count). The lowest BCUT2D eigenvalue weighted by Crippen LogP contribution is -2.52. The van der Waals surface area contributed by atoms with Gasteiger partial charge in [0.05, 0.1) is 14.2 Å². The van der Waals surface area contributed by atoms with Crippen LogP contribution in [0.5, 0.6) is 11.5 Å². The van der Waals surface area contributed by atoms with Crippen molar-refractivity contribution < 1.29 is 24.1 Å². The Morgan fingerprint density at radius 1 is 1.03 bits per heavy atom. The maximum atomic E-state index is 13.6. The average Bonchev–Trinajstić information content (AvgIpc) is 2.95. The number of methoxy groups -OCH3 is 2. The highest BCUT2D eigenvalue weighted by Gasteiger charge is 2.51. The van der Waals surface area contributed by atoms with Crippen LogP contribution in [0.25, 0.3) is 0 Å². The third-order valence-electron chi connectivity index (χ3n) is 6.35. The molecule has 0 saturated carbocycles. The Morgan fingerprint density at radius 3 is 2.07 bits per heavy atom. The molecule has 0 aromatic heterocycles. The molecule has 1 N–H and O–H groups in total. The average molecular weight is 409 g/mol. The van der Waals surface area contributed by atoms with E-state index in [1.165, 1.54) is 0 Å². The molecule has 2 bridgehead atoms. The number of esters is 1. The number of benzene rings is 2. The molecular formula is C24H27NO5. The zero-order chi connectivity index (χ0) is 21.4. The van der Waals surface area contributed by atoms with Crippen LogP contribution in [0.15, 0.2) is 60.7 Å². The first kappa shape index (κ1) is 20.4. The van der Waals surface area contributed by atoms with Gasteiger partial charge in [0.15, 0.2) is 5.72 Å². The topological polar surface area (TPSA) is 68.2 Å². The standard InChI is InChI=1S/C24H27NO5/c1-25-19-5-4-15-23(25,16-14-19)30-22(26)24(27,17-6-10-20(28-2)11-7-17)18-8-12-21(29-3)13-9-18/h4,6-13,15,19,27H,5,14,16H2,1-3H3/t19-,23-/m1/s1. The normalized spacial score (nSPS) is 23.3. The molecule has 2 aromatic rings. The first-order valence-electron chi connectivity index (χ1n) is 10.1. The molecule has 2 aliphatic rings. The van der Waals surface area contributed by atoms with Crippen molar-refractivity contribution in [3.8, 4) is 11.5 Å². The molecule has 0 radical (unpaired) electrons. The van der Waals surface area contributed by atoms with Crippen molar-refractivity contribution >= 4 is 5.97 Å². The highest BCUT2D eigenvalue weighted by Crippen LogP contribution is 2.42. The van der Waals surface area contributed by atoms with Crippen LogP contribution in [-0.2, 0) is 15.1 Å². The zero-order valence-electron chi connectivity index (χ0n) is 17.5. The van der Waals surface area contributed by atoms with E-state index in [9.17, 15) is 9.90 Å². The second-order valence-corrected chi connectivity index (χ2v) is 7.84. The summed E-state index contributed by atoms with van der Waals surface area (Å²) in [5.74, 6) is 0.560. The number of hydrogen-bond acceptors (Lipinski definition) is 6. The minimum absolute atomic E-state index is 0.345. The predicted molar refractivity (Wildman–Crippen MR) is 112 cm³/mol. The first-order valence-corrected chi connectivity index (χ1v) is 10.1. The van der Waals surface area contributed by atoms with Crippen LogP contribution in [0.1, 0.15) is 30.4 Å². The van der Waals surface area contributed by atoms with Gasteiger partial charge in [0.1, 0.15) is 11.5 Å². The summed E-state index contributed by atoms with van der Waals surface area (Å²) in [6, 6.07) is 13.9. The number of ether oxygens (including phenoxy) is 3. The summed E-state index contributed by atoms with van der Waals surface area (Å²) in [7, 11) is 5.11. The maximum Gasteiger partial charge on any atom is 0.349 e. The Bertz CT molecular complexity index is 890. The molecule has 30 heavy (non-hydrogen) atoms. The second kappa shape index (κ2) is 7.78. The molecule has 158 valence electrons. The second-order valence-electron chi connectivity index (χ2n) is 7.84. The van der Waals surface area contributed by atoms with Crippen LogP contribution in [0, 0.1) is 0 Å². The van der Waals surface area contributed by atoms with Crippen molar-refractivity contribution in [3.05, 3.63) is 71.8 Å². The zero-order valence-corrected chi connectivity index (χ0v) is 17.5. The van der Waals surface area contributed by atoms with E-state index in [0.717, 1.165) is 12.8 Å². The van der Waals surface area contributed by atoms with Crippen LogP contribution < -0.4 is 9.47 Å². The van der Waals surface area contributed by atoms with Crippen molar-refractivity contribution in [2.24, 2.45) is 0 Å². The lowest BCUT2D eigenvalue weighted by molar-refractivity contribution is -0.187. The third-order valence-corrected chi connectivity index (χ3v) is 6.35. The Morgan fingerprint density at radius 2 is 1.57 bits per heavy atom. The molecule has 2 atom stereocenters. The van der Waals surface area contributed by atoms with E-state index in [-0.39, 0.29) is 0 Å². The number of likely N-dealkylation sites (N-methyl/N-ethyl adjacent to an activating group) is 1. The van der Waals surface area contributed by atoms with Crippen LogP contribution >= 0.6 is 0 Å². The van der Waals surface area contributed by atoms with Crippen LogP contribution in [0.4, 0.5) is 0 Å². The molecule has 0 amide bonds. The van der Waals surface area contributed by atoms with Gasteiger partial charge >= 0.3 is 5.97 Å². The molecule has 2 heterocycles. The smallest absolute Gasteiger partial charge is 0.349 e. The third kappa shape index (κ3) is 3.26. The molecule has 0 unspecified atom stereocenters. The summed E-state index contributed by atoms with van der Waals surface area (Å²) in [5, 5.41) is 11.8. The van der Waals surface area contributed by atoms with Gasteiger partial charge in [-0.1, -0.05) is 30.3 Å². The summed E-state index contributed by atoms with van der Waals surface area (Å²) in [6.07, 6.45) is 6.59. The van der Waals surface area contributed by atoms with Crippen LogP contribution in [-0.4, -0.2) is 49.0 Å². The van der Waals surface area contributed by atoms with Gasteiger partial charge in [0.2, 0.25) is 5.60 Å². The Kier molecular flexibility index (Phi) is 5.30. The monoisotopic (exact) mass is 409 g/mol. The molecule has 2 aromatic carbocycles. The molecule has 6 nitrogen and oxygen atoms in total. The van der Waals surface area contributed by atoms with Gasteiger partial charge in [0.25, 0.3) is 0 Å². The van der Waals surface area contributed by atoms with Gasteiger partial charge in [-0.2, -0.15) is 0 Å². The summed E-state index contributed by atoms with van der Waals surface area (Å²) >= 11 is 0. The lowest BCUT2D eigenvalue weighted by Gasteiger charge is -2.40. The number of carbonyl (C=O) groups is 1. The fourth-order valence-corrected chi connectivity index (χ4v) is 4.40. The number of aliphatic hydroxyl groups is 1. The van der Waals surface area contributed by atoms with E-state index in [2.05, 4.69) is 11.0 Å². The highest BCUT2D eigenvalue weighted by atomic mass is 16.6. The number of carbonyl (C=O) groups excluding carboxylic acids is 1. The summed E-state index contributed by atoms with van der Waals surface area (Å²) in [4.78, 5) is 15.7. The molecular weight excluding hydrogens is 382 g/mol. The molecule has 1 saturated heterocycles. The lowest BCUT2D eigenvalue weighted by atomic mass is 9.86. The maximum absolute atomic E-state index is 13.6. The van der Waals surface area contributed by atoms with E-state index in [1.54, 1.807) is 62.8 Å². The van der Waals surface area contributed by atoms with Crippen molar-refractivity contribution in [3.63, 3.8) is 0 Å². The largest absolute Gasteiger partial charge is 0.497 e. The Hall–Kier alpha value is -2.83. The highest BCUT2D eigenvalue weighted by molar-refractivity contribution is 5.86. The molecule has 1 fully saturated rings. The van der Waals surface area contributed by atoms with Gasteiger partial charge in [-0.15, -0.1) is 0 Å². The number of fused-ring (bicyclic) bond motifs is 2. The van der Waals surface area contributed by atoms with Gasteiger partial charge in [0, 0.05) is 12.5 Å². The summed E-state index contributed by atoms with van der Waals surface area (Å²) in [6.45, 7) is 0. The van der Waals surface area contributed by atoms with Crippen molar-refractivity contribution in [1.82, 2.24) is 4.90 Å². The quantitative estimate of drug-likeness (QED) is 0.584. The minimum Gasteiger partial charge on any atom is -0.497 e. The Balaban J connectivity index is 1.75. The number of nitrogens with zero attached hydrogens (tertiary/aromatic N) is 1. The van der Waals surface area contributed by atoms with Gasteiger partial charge < -0.3 is 19.3 Å². The van der Waals surface area contributed by atoms with Gasteiger partial charge in [-0.3, -0.25) is 4.90 Å². The Labute approximate surface area is 176 Å². The van der Waals surface area contributed by atoms with E-state index < -0.39 is 17.3 Å². The number of rotatable bonds is 6. The fraction of sp³-hybridized carbons (Fsp3) is 0.375. The summed E-state index contributed by atoms with van der Waals surface area (Å²) < 4.78 is 16.5. The van der Waals surface area contributed by atoms with Crippen LogP contribution in [0.3, 0.4) is 0 Å². The molecule has 0 aliphatic carbocycles. The minimum atomic E-state index is -1.97. The van der Waals surface area contributed by atoms with Crippen LogP contribution in [0.2, 0.25) is 0 Å².